The predicted molar refractivity (Wildman–Crippen MR) is 150 cm³/mol. The van der Waals surface area contributed by atoms with E-state index in [9.17, 15) is 4.79 Å². The molecule has 1 aliphatic rings. The molecule has 3 nitrogen and oxygen atoms in total. The van der Waals surface area contributed by atoms with Gasteiger partial charge in [0.1, 0.15) is 5.00 Å². The van der Waals surface area contributed by atoms with Crippen molar-refractivity contribution in [1.29, 1.82) is 0 Å². The van der Waals surface area contributed by atoms with Gasteiger partial charge in [0, 0.05) is 27.4 Å². The van der Waals surface area contributed by atoms with E-state index in [1.165, 1.54) is 10.3 Å². The number of amides is 1. The lowest BCUT2D eigenvalue weighted by Gasteiger charge is -2.33. The number of anilines is 1. The van der Waals surface area contributed by atoms with Gasteiger partial charge in [-0.05, 0) is 71.2 Å². The van der Waals surface area contributed by atoms with Gasteiger partial charge in [0.25, 0.3) is 5.91 Å². The molecular formula is C30H29ClN2OS. The number of halogens is 1. The molecule has 1 amide bonds. The summed E-state index contributed by atoms with van der Waals surface area (Å²) in [5.74, 6) is 0.486. The normalized spacial score (nSPS) is 15.9. The van der Waals surface area contributed by atoms with Gasteiger partial charge in [-0.2, -0.15) is 0 Å². The first-order chi connectivity index (χ1) is 16.8. The number of hydrogen-bond donors (Lipinski definition) is 1. The van der Waals surface area contributed by atoms with E-state index < -0.39 is 0 Å². The molecule has 1 N–H and O–H groups in total. The topological polar surface area (TPSA) is 41.5 Å². The number of carbonyl (C=O) groups excluding carboxylic acids is 1. The van der Waals surface area contributed by atoms with Crippen molar-refractivity contribution in [2.75, 3.05) is 5.32 Å². The zero-order valence-corrected chi connectivity index (χ0v) is 21.8. The highest BCUT2D eigenvalue weighted by molar-refractivity contribution is 7.16. The highest BCUT2D eigenvalue weighted by Crippen LogP contribution is 2.45. The molecule has 1 heterocycles. The second kappa shape index (κ2) is 9.60. The molecule has 5 heteroatoms. The molecule has 0 saturated carbocycles. The fourth-order valence-electron chi connectivity index (χ4n) is 4.85. The SMILES string of the molecule is CC(C)(C)[C@@H]1CCc2c(sc(N=Cc3cccc4ccccc34)c2C(=O)Nc2ccc(Cl)cc2)C1. The van der Waals surface area contributed by atoms with E-state index in [-0.39, 0.29) is 11.3 Å². The number of fused-ring (bicyclic) bond motifs is 2. The van der Waals surface area contributed by atoms with Crippen LogP contribution < -0.4 is 5.32 Å². The lowest BCUT2D eigenvalue weighted by atomic mass is 9.72. The number of nitrogens with zero attached hydrogens (tertiary/aromatic N) is 1. The largest absolute Gasteiger partial charge is 0.322 e. The third-order valence-corrected chi connectivity index (χ3v) is 8.36. The Morgan fingerprint density at radius 1 is 1.06 bits per heavy atom. The van der Waals surface area contributed by atoms with Crippen LogP contribution in [0.2, 0.25) is 5.02 Å². The Hall–Kier alpha value is -2.95. The standard InChI is InChI=1S/C30H29ClN2OS/c1-30(2,3)21-11-16-25-26(17-21)35-29(27(25)28(34)33-23-14-12-22(31)13-15-23)32-18-20-9-6-8-19-7-4-5-10-24(19)20/h4-10,12-15,18,21H,11,16-17H2,1-3H3,(H,33,34)/t21-/m1/s1. The maximum atomic E-state index is 13.5. The first-order valence-electron chi connectivity index (χ1n) is 12.0. The fourth-order valence-corrected chi connectivity index (χ4v) is 6.25. The highest BCUT2D eigenvalue weighted by atomic mass is 35.5. The van der Waals surface area contributed by atoms with Gasteiger partial charge >= 0.3 is 0 Å². The van der Waals surface area contributed by atoms with Gasteiger partial charge in [-0.3, -0.25) is 4.79 Å². The molecule has 1 aromatic heterocycles. The van der Waals surface area contributed by atoms with E-state index in [4.69, 9.17) is 16.6 Å². The number of aliphatic imine (C=N–C) groups is 1. The molecule has 1 atom stereocenters. The summed E-state index contributed by atoms with van der Waals surface area (Å²) >= 11 is 7.70. The van der Waals surface area contributed by atoms with E-state index in [1.54, 1.807) is 23.5 Å². The van der Waals surface area contributed by atoms with Gasteiger partial charge in [0.05, 0.1) is 5.56 Å². The minimum atomic E-state index is -0.107. The van der Waals surface area contributed by atoms with Crippen molar-refractivity contribution in [3.05, 3.63) is 93.3 Å². The summed E-state index contributed by atoms with van der Waals surface area (Å²) in [4.78, 5) is 19.7. The van der Waals surface area contributed by atoms with Crippen LogP contribution in [0.15, 0.2) is 71.7 Å². The van der Waals surface area contributed by atoms with Gasteiger partial charge < -0.3 is 5.32 Å². The summed E-state index contributed by atoms with van der Waals surface area (Å²) in [6, 6.07) is 21.7. The minimum Gasteiger partial charge on any atom is -0.322 e. The Bertz CT molecular complexity index is 1410. The van der Waals surface area contributed by atoms with Gasteiger partial charge in [0.2, 0.25) is 0 Å². The zero-order valence-electron chi connectivity index (χ0n) is 20.3. The van der Waals surface area contributed by atoms with Gasteiger partial charge in [0.15, 0.2) is 0 Å². The summed E-state index contributed by atoms with van der Waals surface area (Å²) < 4.78 is 0. The quantitative estimate of drug-likeness (QED) is 0.280. The van der Waals surface area contributed by atoms with Crippen molar-refractivity contribution < 1.29 is 4.79 Å². The van der Waals surface area contributed by atoms with Crippen LogP contribution >= 0.6 is 22.9 Å². The first kappa shape index (κ1) is 23.8. The molecule has 35 heavy (non-hydrogen) atoms. The summed E-state index contributed by atoms with van der Waals surface area (Å²) in [5, 5.41) is 6.82. The Morgan fingerprint density at radius 3 is 2.57 bits per heavy atom. The lowest BCUT2D eigenvalue weighted by molar-refractivity contribution is 0.102. The molecule has 0 spiro atoms. The highest BCUT2D eigenvalue weighted by Gasteiger charge is 2.33. The van der Waals surface area contributed by atoms with Gasteiger partial charge in [-0.1, -0.05) is 74.8 Å². The molecule has 0 saturated heterocycles. The van der Waals surface area contributed by atoms with E-state index in [0.717, 1.165) is 46.5 Å². The van der Waals surface area contributed by atoms with E-state index >= 15 is 0 Å². The van der Waals surface area contributed by atoms with Crippen molar-refractivity contribution in [1.82, 2.24) is 0 Å². The number of nitrogens with one attached hydrogen (secondary N) is 1. The summed E-state index contributed by atoms with van der Waals surface area (Å²) in [5.41, 5.74) is 3.88. The second-order valence-corrected chi connectivity index (χ2v) is 11.8. The first-order valence-corrected chi connectivity index (χ1v) is 13.2. The van der Waals surface area contributed by atoms with Gasteiger partial charge in [-0.25, -0.2) is 4.99 Å². The van der Waals surface area contributed by atoms with E-state index in [0.29, 0.717) is 16.5 Å². The second-order valence-electron chi connectivity index (χ2n) is 10.3. The maximum absolute atomic E-state index is 13.5. The van der Waals surface area contributed by atoms with Crippen LogP contribution in [0, 0.1) is 11.3 Å². The molecule has 4 aromatic rings. The Morgan fingerprint density at radius 2 is 1.80 bits per heavy atom. The van der Waals surface area contributed by atoms with E-state index in [1.807, 2.05) is 36.5 Å². The predicted octanol–water partition coefficient (Wildman–Crippen LogP) is 8.71. The monoisotopic (exact) mass is 500 g/mol. The number of thiophene rings is 1. The molecule has 5 rings (SSSR count). The molecule has 0 unspecified atom stereocenters. The molecule has 0 aliphatic heterocycles. The third-order valence-electron chi connectivity index (χ3n) is 6.94. The Labute approximate surface area is 215 Å². The van der Waals surface area contributed by atoms with Gasteiger partial charge in [-0.15, -0.1) is 11.3 Å². The van der Waals surface area contributed by atoms with E-state index in [2.05, 4.69) is 50.4 Å². The summed E-state index contributed by atoms with van der Waals surface area (Å²) in [6.45, 7) is 6.93. The molecule has 0 radical (unpaired) electrons. The Balaban J connectivity index is 1.54. The van der Waals surface area contributed by atoms with Crippen LogP contribution in [-0.2, 0) is 12.8 Å². The van der Waals surface area contributed by atoms with Crippen molar-refractivity contribution in [3.63, 3.8) is 0 Å². The van der Waals surface area contributed by atoms with Crippen LogP contribution in [0.1, 0.15) is 53.6 Å². The van der Waals surface area contributed by atoms with Crippen LogP contribution in [0.4, 0.5) is 10.7 Å². The number of benzene rings is 3. The number of carbonyl (C=O) groups is 1. The van der Waals surface area contributed by atoms with Crippen molar-refractivity contribution in [2.45, 2.75) is 40.0 Å². The average Bonchev–Trinajstić information content (AvgIpc) is 3.21. The Kier molecular flexibility index (Phi) is 6.52. The maximum Gasteiger partial charge on any atom is 0.259 e. The molecule has 1 aliphatic carbocycles. The van der Waals surface area contributed by atoms with Crippen LogP contribution in [0.5, 0.6) is 0 Å². The van der Waals surface area contributed by atoms with Crippen molar-refractivity contribution >= 4 is 56.5 Å². The molecule has 3 aromatic carbocycles. The number of hydrogen-bond acceptors (Lipinski definition) is 3. The summed E-state index contributed by atoms with van der Waals surface area (Å²) in [7, 11) is 0. The minimum absolute atomic E-state index is 0.107. The lowest BCUT2D eigenvalue weighted by Crippen LogP contribution is -2.27. The van der Waals surface area contributed by atoms with Crippen molar-refractivity contribution in [3.8, 4) is 0 Å². The van der Waals surface area contributed by atoms with Crippen LogP contribution in [0.25, 0.3) is 10.8 Å². The van der Waals surface area contributed by atoms with Crippen molar-refractivity contribution in [2.24, 2.45) is 16.3 Å². The number of rotatable bonds is 4. The zero-order chi connectivity index (χ0) is 24.6. The molecular weight excluding hydrogens is 472 g/mol. The fraction of sp³-hybridized carbons (Fsp3) is 0.267. The average molecular weight is 501 g/mol. The molecule has 0 bridgehead atoms. The third kappa shape index (κ3) is 5.05. The smallest absolute Gasteiger partial charge is 0.259 e. The molecule has 0 fully saturated rings. The van der Waals surface area contributed by atoms with Crippen LogP contribution in [-0.4, -0.2) is 12.1 Å². The summed E-state index contributed by atoms with van der Waals surface area (Å²) in [6.07, 6.45) is 4.89. The van der Waals surface area contributed by atoms with Crippen LogP contribution in [0.3, 0.4) is 0 Å². The molecule has 178 valence electrons.